The lowest BCUT2D eigenvalue weighted by Crippen LogP contribution is -2.27. The maximum absolute atomic E-state index is 12.3. The van der Waals surface area contributed by atoms with E-state index in [1.54, 1.807) is 11.9 Å². The van der Waals surface area contributed by atoms with Gasteiger partial charge in [-0.2, -0.15) is 0 Å². The molecule has 0 atom stereocenters. The van der Waals surface area contributed by atoms with E-state index < -0.39 is 0 Å². The summed E-state index contributed by atoms with van der Waals surface area (Å²) in [4.78, 5) is 14.0. The van der Waals surface area contributed by atoms with Crippen LogP contribution in [-0.4, -0.2) is 33.8 Å². The lowest BCUT2D eigenvalue weighted by atomic mass is 10.1. The highest BCUT2D eigenvalue weighted by molar-refractivity contribution is 7.99. The molecule has 0 spiro atoms. The van der Waals surface area contributed by atoms with Crippen LogP contribution in [0.1, 0.15) is 11.1 Å². The average molecular weight is 353 g/mol. The SMILES string of the molecule is Cc1ccc(CN(C)C(=O)CSc2nnc(-c3ccccc3)o2)cc1. The fraction of sp³-hybridized carbons (Fsp3) is 0.211. The number of hydrogen-bond donors (Lipinski definition) is 0. The number of carbonyl (C=O) groups is 1. The minimum absolute atomic E-state index is 0.0186. The van der Waals surface area contributed by atoms with E-state index in [0.29, 0.717) is 17.7 Å². The second-order valence-electron chi connectivity index (χ2n) is 5.76. The molecule has 0 unspecified atom stereocenters. The van der Waals surface area contributed by atoms with Crippen LogP contribution < -0.4 is 0 Å². The topological polar surface area (TPSA) is 59.2 Å². The minimum Gasteiger partial charge on any atom is -0.411 e. The molecule has 1 amide bonds. The fourth-order valence-corrected chi connectivity index (χ4v) is 2.96. The molecule has 1 heterocycles. The quantitative estimate of drug-likeness (QED) is 0.631. The molecule has 0 N–H and O–H groups in total. The van der Waals surface area contributed by atoms with E-state index in [2.05, 4.69) is 10.2 Å². The maximum Gasteiger partial charge on any atom is 0.277 e. The van der Waals surface area contributed by atoms with Crippen molar-refractivity contribution >= 4 is 17.7 Å². The van der Waals surface area contributed by atoms with Gasteiger partial charge >= 0.3 is 0 Å². The smallest absolute Gasteiger partial charge is 0.277 e. The van der Waals surface area contributed by atoms with Gasteiger partial charge in [0.15, 0.2) is 0 Å². The first-order valence-corrected chi connectivity index (χ1v) is 8.91. The van der Waals surface area contributed by atoms with Crippen molar-refractivity contribution in [2.24, 2.45) is 0 Å². The van der Waals surface area contributed by atoms with E-state index in [-0.39, 0.29) is 11.7 Å². The maximum atomic E-state index is 12.3. The van der Waals surface area contributed by atoms with Gasteiger partial charge in [0.25, 0.3) is 5.22 Å². The molecule has 0 radical (unpaired) electrons. The van der Waals surface area contributed by atoms with Gasteiger partial charge in [0, 0.05) is 19.2 Å². The number of nitrogens with zero attached hydrogens (tertiary/aromatic N) is 3. The van der Waals surface area contributed by atoms with E-state index in [9.17, 15) is 4.79 Å². The monoisotopic (exact) mass is 353 g/mol. The largest absolute Gasteiger partial charge is 0.411 e. The van der Waals surface area contributed by atoms with E-state index in [0.717, 1.165) is 11.1 Å². The number of aryl methyl sites for hydroxylation is 1. The molecular formula is C19H19N3O2S. The third kappa shape index (κ3) is 4.70. The van der Waals surface area contributed by atoms with E-state index >= 15 is 0 Å². The zero-order chi connectivity index (χ0) is 17.6. The van der Waals surface area contributed by atoms with E-state index in [1.807, 2.05) is 61.5 Å². The van der Waals surface area contributed by atoms with Gasteiger partial charge in [0.2, 0.25) is 11.8 Å². The van der Waals surface area contributed by atoms with Gasteiger partial charge in [0.1, 0.15) is 0 Å². The van der Waals surface area contributed by atoms with Gasteiger partial charge in [0.05, 0.1) is 5.75 Å². The van der Waals surface area contributed by atoms with Gasteiger partial charge in [-0.15, -0.1) is 10.2 Å². The average Bonchev–Trinajstić information content (AvgIpc) is 3.11. The van der Waals surface area contributed by atoms with Gasteiger partial charge < -0.3 is 9.32 Å². The predicted octanol–water partition coefficient (Wildman–Crippen LogP) is 3.80. The number of amides is 1. The molecule has 3 rings (SSSR count). The molecule has 0 aliphatic carbocycles. The molecule has 0 aliphatic heterocycles. The third-order valence-corrected chi connectivity index (χ3v) is 4.52. The normalized spacial score (nSPS) is 10.6. The highest BCUT2D eigenvalue weighted by Crippen LogP contribution is 2.23. The standard InChI is InChI=1S/C19H19N3O2S/c1-14-8-10-15(11-9-14)12-22(2)17(23)13-25-19-21-20-18(24-19)16-6-4-3-5-7-16/h3-11H,12-13H2,1-2H3. The minimum atomic E-state index is 0.0186. The number of benzene rings is 2. The van der Waals surface area contributed by atoms with Crippen molar-refractivity contribution in [2.45, 2.75) is 18.7 Å². The number of rotatable bonds is 6. The zero-order valence-electron chi connectivity index (χ0n) is 14.2. The van der Waals surface area contributed by atoms with E-state index in [1.165, 1.54) is 17.3 Å². The summed E-state index contributed by atoms with van der Waals surface area (Å²) >= 11 is 1.25. The first kappa shape index (κ1) is 17.2. The molecule has 128 valence electrons. The predicted molar refractivity (Wildman–Crippen MR) is 98.1 cm³/mol. The highest BCUT2D eigenvalue weighted by Gasteiger charge is 2.14. The van der Waals surface area contributed by atoms with Gasteiger partial charge in [-0.3, -0.25) is 4.79 Å². The van der Waals surface area contributed by atoms with Crippen LogP contribution in [0.4, 0.5) is 0 Å². The molecule has 0 aliphatic rings. The van der Waals surface area contributed by atoms with E-state index in [4.69, 9.17) is 4.42 Å². The number of carbonyl (C=O) groups excluding carboxylic acids is 1. The summed E-state index contributed by atoms with van der Waals surface area (Å²) in [6, 6.07) is 17.7. The van der Waals surface area contributed by atoms with Crippen LogP contribution in [0, 0.1) is 6.92 Å². The molecule has 6 heteroatoms. The summed E-state index contributed by atoms with van der Waals surface area (Å²) in [7, 11) is 1.80. The second-order valence-corrected chi connectivity index (χ2v) is 6.69. The van der Waals surface area contributed by atoms with Crippen molar-refractivity contribution in [1.29, 1.82) is 0 Å². The Labute approximate surface area is 151 Å². The molecular weight excluding hydrogens is 334 g/mol. The summed E-state index contributed by atoms with van der Waals surface area (Å²) in [5.41, 5.74) is 3.18. The van der Waals surface area contributed by atoms with Crippen LogP contribution in [0.3, 0.4) is 0 Å². The van der Waals surface area contributed by atoms with Crippen molar-refractivity contribution in [1.82, 2.24) is 15.1 Å². The molecule has 0 saturated carbocycles. The summed E-state index contributed by atoms with van der Waals surface area (Å²) in [5, 5.41) is 8.41. The Hall–Kier alpha value is -2.60. The molecule has 0 fully saturated rings. The van der Waals surface area contributed by atoms with Crippen molar-refractivity contribution in [3.05, 3.63) is 65.7 Å². The van der Waals surface area contributed by atoms with Crippen LogP contribution >= 0.6 is 11.8 Å². The van der Waals surface area contributed by atoms with Crippen LogP contribution in [0.5, 0.6) is 0 Å². The molecule has 1 aromatic heterocycles. The van der Waals surface area contributed by atoms with Gasteiger partial charge in [-0.1, -0.05) is 59.8 Å². The Bertz CT molecular complexity index is 831. The first-order chi connectivity index (χ1) is 12.1. The molecule has 5 nitrogen and oxygen atoms in total. The van der Waals surface area contributed by atoms with Gasteiger partial charge in [-0.05, 0) is 24.6 Å². The molecule has 3 aromatic rings. The lowest BCUT2D eigenvalue weighted by Gasteiger charge is -2.16. The molecule has 0 saturated heterocycles. The summed E-state index contributed by atoms with van der Waals surface area (Å²) in [5.74, 6) is 0.743. The first-order valence-electron chi connectivity index (χ1n) is 7.93. The van der Waals surface area contributed by atoms with Crippen molar-refractivity contribution < 1.29 is 9.21 Å². The third-order valence-electron chi connectivity index (χ3n) is 3.71. The molecule has 0 bridgehead atoms. The Morgan fingerprint density at radius 1 is 1.08 bits per heavy atom. The molecule has 25 heavy (non-hydrogen) atoms. The molecule has 2 aromatic carbocycles. The van der Waals surface area contributed by atoms with Crippen molar-refractivity contribution in [2.75, 3.05) is 12.8 Å². The highest BCUT2D eigenvalue weighted by atomic mass is 32.2. The number of aromatic nitrogens is 2. The number of thioether (sulfide) groups is 1. The lowest BCUT2D eigenvalue weighted by molar-refractivity contribution is -0.127. The van der Waals surface area contributed by atoms with Crippen LogP contribution in [0.2, 0.25) is 0 Å². The van der Waals surface area contributed by atoms with Crippen molar-refractivity contribution in [3.8, 4) is 11.5 Å². The van der Waals surface area contributed by atoms with Crippen LogP contribution in [0.15, 0.2) is 64.2 Å². The zero-order valence-corrected chi connectivity index (χ0v) is 15.0. The van der Waals surface area contributed by atoms with Crippen molar-refractivity contribution in [3.63, 3.8) is 0 Å². The Kier molecular flexibility index (Phi) is 5.50. The summed E-state index contributed by atoms with van der Waals surface area (Å²) in [6.07, 6.45) is 0. The summed E-state index contributed by atoms with van der Waals surface area (Å²) in [6.45, 7) is 2.63. The number of hydrogen-bond acceptors (Lipinski definition) is 5. The Balaban J connectivity index is 1.53. The fourth-order valence-electron chi connectivity index (χ4n) is 2.25. The Morgan fingerprint density at radius 3 is 2.52 bits per heavy atom. The second kappa shape index (κ2) is 7.98. The Morgan fingerprint density at radius 2 is 1.80 bits per heavy atom. The van der Waals surface area contributed by atoms with Crippen LogP contribution in [0.25, 0.3) is 11.5 Å². The van der Waals surface area contributed by atoms with Gasteiger partial charge in [-0.25, -0.2) is 0 Å². The van der Waals surface area contributed by atoms with Crippen LogP contribution in [-0.2, 0) is 11.3 Å². The summed E-state index contributed by atoms with van der Waals surface area (Å²) < 4.78 is 5.60.